The van der Waals surface area contributed by atoms with Gasteiger partial charge in [-0.3, -0.25) is 9.69 Å². The predicted molar refractivity (Wildman–Crippen MR) is 84.1 cm³/mol. The largest absolute Gasteiger partial charge is 0.395 e. The summed E-state index contributed by atoms with van der Waals surface area (Å²) in [7, 11) is 0. The first-order chi connectivity index (χ1) is 10.2. The minimum atomic E-state index is 0.182. The summed E-state index contributed by atoms with van der Waals surface area (Å²) >= 11 is 0. The molecule has 0 aliphatic carbocycles. The molecule has 0 radical (unpaired) electrons. The van der Waals surface area contributed by atoms with Gasteiger partial charge in [-0.2, -0.15) is 0 Å². The summed E-state index contributed by atoms with van der Waals surface area (Å²) in [5.41, 5.74) is 0. The van der Waals surface area contributed by atoms with E-state index in [0.717, 1.165) is 58.0 Å². The molecule has 2 heterocycles. The van der Waals surface area contributed by atoms with Crippen molar-refractivity contribution in [3.63, 3.8) is 0 Å². The van der Waals surface area contributed by atoms with Crippen molar-refractivity contribution in [2.75, 3.05) is 52.4 Å². The summed E-state index contributed by atoms with van der Waals surface area (Å²) in [4.78, 5) is 16.6. The van der Waals surface area contributed by atoms with Crippen molar-refractivity contribution in [2.24, 2.45) is 11.8 Å². The third-order valence-electron chi connectivity index (χ3n) is 4.82. The van der Waals surface area contributed by atoms with E-state index in [1.165, 1.54) is 12.8 Å². The van der Waals surface area contributed by atoms with Crippen LogP contribution in [0.5, 0.6) is 0 Å². The van der Waals surface area contributed by atoms with Crippen LogP contribution >= 0.6 is 0 Å². The SMILES string of the molecule is CC1CCCN(CC(=O)NCC2CCN(CCO)CC2)C1. The number of amides is 1. The van der Waals surface area contributed by atoms with Gasteiger partial charge in [-0.05, 0) is 57.2 Å². The fraction of sp³-hybridized carbons (Fsp3) is 0.938. The molecule has 5 nitrogen and oxygen atoms in total. The molecule has 0 saturated carbocycles. The van der Waals surface area contributed by atoms with Crippen LogP contribution in [-0.2, 0) is 4.79 Å². The van der Waals surface area contributed by atoms with E-state index < -0.39 is 0 Å². The van der Waals surface area contributed by atoms with E-state index in [-0.39, 0.29) is 12.5 Å². The lowest BCUT2D eigenvalue weighted by Crippen LogP contribution is -2.44. The number of hydrogen-bond acceptors (Lipinski definition) is 4. The van der Waals surface area contributed by atoms with Crippen molar-refractivity contribution >= 4 is 5.91 Å². The summed E-state index contributed by atoms with van der Waals surface area (Å²) in [6.07, 6.45) is 4.77. The first-order valence-electron chi connectivity index (χ1n) is 8.49. The summed E-state index contributed by atoms with van der Waals surface area (Å²) in [6, 6.07) is 0. The number of carbonyl (C=O) groups is 1. The molecule has 2 N–H and O–H groups in total. The molecule has 0 aromatic rings. The van der Waals surface area contributed by atoms with Gasteiger partial charge in [0.15, 0.2) is 0 Å². The standard InChI is InChI=1S/C16H31N3O2/c1-14-3-2-6-19(12-14)13-16(21)17-11-15-4-7-18(8-5-15)9-10-20/h14-15,20H,2-13H2,1H3,(H,17,21). The zero-order valence-corrected chi connectivity index (χ0v) is 13.4. The van der Waals surface area contributed by atoms with E-state index in [2.05, 4.69) is 22.0 Å². The van der Waals surface area contributed by atoms with Gasteiger partial charge in [0.2, 0.25) is 5.91 Å². The Morgan fingerprint density at radius 1 is 1.19 bits per heavy atom. The number of β-amino-alcohol motifs (C(OH)–C–C–N with tert-alkyl or cyclic N) is 1. The first-order valence-corrected chi connectivity index (χ1v) is 8.49. The number of nitrogens with zero attached hydrogens (tertiary/aromatic N) is 2. The Kier molecular flexibility index (Phi) is 6.93. The van der Waals surface area contributed by atoms with Crippen LogP contribution < -0.4 is 5.32 Å². The maximum Gasteiger partial charge on any atom is 0.234 e. The van der Waals surface area contributed by atoms with Gasteiger partial charge in [-0.1, -0.05) is 6.92 Å². The second-order valence-electron chi connectivity index (χ2n) is 6.80. The zero-order chi connectivity index (χ0) is 15.1. The van der Waals surface area contributed by atoms with E-state index in [1.807, 2.05) is 0 Å². The summed E-state index contributed by atoms with van der Waals surface area (Å²) in [5.74, 6) is 1.51. The van der Waals surface area contributed by atoms with Crippen LogP contribution in [0.3, 0.4) is 0 Å². The van der Waals surface area contributed by atoms with E-state index in [4.69, 9.17) is 5.11 Å². The molecule has 0 spiro atoms. The second-order valence-corrected chi connectivity index (χ2v) is 6.80. The fourth-order valence-electron chi connectivity index (χ4n) is 3.50. The zero-order valence-electron chi connectivity index (χ0n) is 13.4. The van der Waals surface area contributed by atoms with Crippen LogP contribution in [0.2, 0.25) is 0 Å². The van der Waals surface area contributed by atoms with Gasteiger partial charge in [0.1, 0.15) is 0 Å². The van der Waals surface area contributed by atoms with E-state index >= 15 is 0 Å². The van der Waals surface area contributed by atoms with Crippen molar-refractivity contribution in [3.8, 4) is 0 Å². The van der Waals surface area contributed by atoms with Crippen LogP contribution in [0.1, 0.15) is 32.6 Å². The molecule has 2 fully saturated rings. The molecule has 2 saturated heterocycles. The van der Waals surface area contributed by atoms with Crippen LogP contribution in [0, 0.1) is 11.8 Å². The summed E-state index contributed by atoms with van der Waals surface area (Å²) < 4.78 is 0. The highest BCUT2D eigenvalue weighted by Crippen LogP contribution is 2.16. The fourth-order valence-corrected chi connectivity index (χ4v) is 3.50. The average molecular weight is 297 g/mol. The van der Waals surface area contributed by atoms with Crippen LogP contribution in [-0.4, -0.2) is 73.2 Å². The smallest absolute Gasteiger partial charge is 0.234 e. The van der Waals surface area contributed by atoms with Gasteiger partial charge >= 0.3 is 0 Å². The van der Waals surface area contributed by atoms with Crippen molar-refractivity contribution in [1.82, 2.24) is 15.1 Å². The van der Waals surface area contributed by atoms with Crippen molar-refractivity contribution in [1.29, 1.82) is 0 Å². The molecule has 21 heavy (non-hydrogen) atoms. The monoisotopic (exact) mass is 297 g/mol. The van der Waals surface area contributed by atoms with E-state index in [1.54, 1.807) is 0 Å². The normalized spacial score (nSPS) is 25.9. The Morgan fingerprint density at radius 3 is 2.62 bits per heavy atom. The van der Waals surface area contributed by atoms with E-state index in [0.29, 0.717) is 12.5 Å². The number of rotatable bonds is 6. The molecule has 0 aromatic carbocycles. The van der Waals surface area contributed by atoms with Crippen LogP contribution in [0.15, 0.2) is 0 Å². The van der Waals surface area contributed by atoms with Gasteiger partial charge < -0.3 is 15.3 Å². The first kappa shape index (κ1) is 16.7. The predicted octanol–water partition coefficient (Wildman–Crippen LogP) is 0.539. The number of hydrogen-bond donors (Lipinski definition) is 2. The third kappa shape index (κ3) is 5.93. The molecule has 1 atom stereocenters. The summed E-state index contributed by atoms with van der Waals surface area (Å²) in [6.45, 7) is 8.90. The molecule has 2 rings (SSSR count). The third-order valence-corrected chi connectivity index (χ3v) is 4.82. The van der Waals surface area contributed by atoms with Gasteiger partial charge in [0.25, 0.3) is 0 Å². The molecular formula is C16H31N3O2. The molecule has 2 aliphatic heterocycles. The van der Waals surface area contributed by atoms with E-state index in [9.17, 15) is 4.79 Å². The van der Waals surface area contributed by atoms with Gasteiger partial charge in [0, 0.05) is 19.6 Å². The molecule has 0 aromatic heterocycles. The molecule has 1 unspecified atom stereocenters. The quantitative estimate of drug-likeness (QED) is 0.751. The molecule has 2 aliphatic rings. The number of aliphatic hydroxyl groups is 1. The highest BCUT2D eigenvalue weighted by atomic mass is 16.3. The number of piperidine rings is 2. The van der Waals surface area contributed by atoms with Crippen molar-refractivity contribution < 1.29 is 9.90 Å². The Morgan fingerprint density at radius 2 is 1.95 bits per heavy atom. The lowest BCUT2D eigenvalue weighted by molar-refractivity contribution is -0.122. The maximum absolute atomic E-state index is 12.0. The molecule has 5 heteroatoms. The number of carbonyl (C=O) groups excluding carboxylic acids is 1. The lowest BCUT2D eigenvalue weighted by Gasteiger charge is -2.32. The van der Waals surface area contributed by atoms with Gasteiger partial charge in [-0.25, -0.2) is 0 Å². The Hall–Kier alpha value is -0.650. The summed E-state index contributed by atoms with van der Waals surface area (Å²) in [5, 5.41) is 12.0. The van der Waals surface area contributed by atoms with Crippen molar-refractivity contribution in [2.45, 2.75) is 32.6 Å². The minimum absolute atomic E-state index is 0.182. The maximum atomic E-state index is 12.0. The average Bonchev–Trinajstić information content (AvgIpc) is 2.47. The molecule has 1 amide bonds. The molecule has 122 valence electrons. The Bertz CT molecular complexity index is 317. The lowest BCUT2D eigenvalue weighted by atomic mass is 9.97. The topological polar surface area (TPSA) is 55.8 Å². The number of likely N-dealkylation sites (tertiary alicyclic amines) is 2. The number of aliphatic hydroxyl groups excluding tert-OH is 1. The van der Waals surface area contributed by atoms with Crippen LogP contribution in [0.25, 0.3) is 0 Å². The second kappa shape index (κ2) is 8.71. The van der Waals surface area contributed by atoms with Crippen molar-refractivity contribution in [3.05, 3.63) is 0 Å². The Labute approximate surface area is 128 Å². The Balaban J connectivity index is 1.59. The van der Waals surface area contributed by atoms with Gasteiger partial charge in [-0.15, -0.1) is 0 Å². The highest BCUT2D eigenvalue weighted by Gasteiger charge is 2.21. The number of nitrogens with one attached hydrogen (secondary N) is 1. The highest BCUT2D eigenvalue weighted by molar-refractivity contribution is 5.78. The van der Waals surface area contributed by atoms with Crippen LogP contribution in [0.4, 0.5) is 0 Å². The molecule has 0 bridgehead atoms. The van der Waals surface area contributed by atoms with Gasteiger partial charge in [0.05, 0.1) is 13.2 Å². The molecular weight excluding hydrogens is 266 g/mol. The minimum Gasteiger partial charge on any atom is -0.395 e.